The zero-order valence-corrected chi connectivity index (χ0v) is 14.0. The molecule has 0 radical (unpaired) electrons. The van der Waals surface area contributed by atoms with E-state index in [9.17, 15) is 14.4 Å². The van der Waals surface area contributed by atoms with Gasteiger partial charge in [-0.05, 0) is 19.8 Å². The van der Waals surface area contributed by atoms with Gasteiger partial charge in [0.15, 0.2) is 5.96 Å². The fourth-order valence-corrected chi connectivity index (χ4v) is 1.51. The van der Waals surface area contributed by atoms with Crippen LogP contribution in [0.5, 0.6) is 0 Å². The molecule has 12 nitrogen and oxygen atoms in total. The van der Waals surface area contributed by atoms with Gasteiger partial charge in [-0.1, -0.05) is 0 Å². The van der Waals surface area contributed by atoms with Crippen molar-refractivity contribution in [3.8, 4) is 0 Å². The maximum atomic E-state index is 11.8. The zero-order chi connectivity index (χ0) is 19.6. The van der Waals surface area contributed by atoms with Crippen LogP contribution in [0.25, 0.3) is 0 Å². The number of nitrogens with two attached hydrogens (primary N) is 5. The number of ether oxygens (including phenoxy) is 2. The molecule has 11 N–H and O–H groups in total. The summed E-state index contributed by atoms with van der Waals surface area (Å²) < 4.78 is 9.67. The van der Waals surface area contributed by atoms with Crippen molar-refractivity contribution in [2.45, 2.75) is 44.0 Å². The Hall–Kier alpha value is -2.44. The summed E-state index contributed by atoms with van der Waals surface area (Å²) >= 11 is 0. The van der Waals surface area contributed by atoms with Gasteiger partial charge >= 0.3 is 17.9 Å². The molecule has 144 valence electrons. The summed E-state index contributed by atoms with van der Waals surface area (Å²) in [5.41, 5.74) is 26.8. The first-order valence-electron chi connectivity index (χ1n) is 7.48. The van der Waals surface area contributed by atoms with Crippen molar-refractivity contribution in [1.29, 1.82) is 0 Å². The number of nitrogens with zero attached hydrogens (tertiary/aromatic N) is 1. The number of rotatable bonds is 11. The first-order valence-corrected chi connectivity index (χ1v) is 7.48. The summed E-state index contributed by atoms with van der Waals surface area (Å²) in [6.45, 7) is 1.15. The largest absolute Gasteiger partial charge is 0.480 e. The Kier molecular flexibility index (Phi) is 10.1. The molecule has 0 heterocycles. The molecule has 0 spiro atoms. The van der Waals surface area contributed by atoms with Crippen LogP contribution in [-0.2, 0) is 23.9 Å². The molecule has 0 amide bonds. The molecule has 0 bridgehead atoms. The predicted molar refractivity (Wildman–Crippen MR) is 88.0 cm³/mol. The van der Waals surface area contributed by atoms with Gasteiger partial charge in [0.05, 0.1) is 0 Å². The second-order valence-corrected chi connectivity index (χ2v) is 5.30. The molecule has 12 heteroatoms. The fourth-order valence-electron chi connectivity index (χ4n) is 1.51. The lowest BCUT2D eigenvalue weighted by atomic mass is 10.1. The molecule has 0 aliphatic heterocycles. The lowest BCUT2D eigenvalue weighted by Crippen LogP contribution is -2.47. The highest BCUT2D eigenvalue weighted by Gasteiger charge is 2.28. The van der Waals surface area contributed by atoms with Crippen LogP contribution in [0.1, 0.15) is 19.8 Å². The number of esters is 2. The Balaban J connectivity index is 4.29. The van der Waals surface area contributed by atoms with Crippen LogP contribution in [-0.4, -0.2) is 66.4 Å². The van der Waals surface area contributed by atoms with E-state index in [0.29, 0.717) is 13.0 Å². The SMILES string of the molecule is C[C@@H](OC(=O)[C@@H](N)CCCN=C(N)N)[C@H](N)C(=O)OC[C@H](N)C(=O)O. The van der Waals surface area contributed by atoms with Gasteiger partial charge in [-0.2, -0.15) is 0 Å². The van der Waals surface area contributed by atoms with E-state index in [-0.39, 0.29) is 12.4 Å². The topological polar surface area (TPSA) is 232 Å². The minimum atomic E-state index is -1.37. The second kappa shape index (κ2) is 11.2. The minimum Gasteiger partial charge on any atom is -0.480 e. The first-order chi connectivity index (χ1) is 11.6. The van der Waals surface area contributed by atoms with E-state index < -0.39 is 48.7 Å². The normalized spacial score (nSPS) is 15.4. The molecule has 0 aromatic heterocycles. The summed E-state index contributed by atoms with van der Waals surface area (Å²) in [6, 6.07) is -3.60. The zero-order valence-electron chi connectivity index (χ0n) is 14.0. The third-order valence-corrected chi connectivity index (χ3v) is 3.07. The van der Waals surface area contributed by atoms with Crippen LogP contribution in [0.3, 0.4) is 0 Å². The summed E-state index contributed by atoms with van der Waals surface area (Å²) in [7, 11) is 0. The highest BCUT2D eigenvalue weighted by atomic mass is 16.6. The summed E-state index contributed by atoms with van der Waals surface area (Å²) in [4.78, 5) is 37.8. The van der Waals surface area contributed by atoms with E-state index in [1.807, 2.05) is 0 Å². The first kappa shape index (κ1) is 22.6. The molecule has 4 atom stereocenters. The third kappa shape index (κ3) is 9.44. The number of carboxylic acid groups (broad SMARTS) is 1. The van der Waals surface area contributed by atoms with Gasteiger partial charge < -0.3 is 43.2 Å². The van der Waals surface area contributed by atoms with Crippen LogP contribution in [0.15, 0.2) is 4.99 Å². The number of carbonyl (C=O) groups excluding carboxylic acids is 2. The van der Waals surface area contributed by atoms with Gasteiger partial charge in [-0.3, -0.25) is 19.4 Å². The van der Waals surface area contributed by atoms with Crippen molar-refractivity contribution < 1.29 is 29.0 Å². The number of carboxylic acids is 1. The molecule has 0 aliphatic carbocycles. The molecule has 0 rings (SSSR count). The molecule has 0 fully saturated rings. The molecule has 0 saturated heterocycles. The molecule has 0 aliphatic rings. The van der Waals surface area contributed by atoms with Crippen molar-refractivity contribution in [2.75, 3.05) is 13.2 Å². The van der Waals surface area contributed by atoms with Crippen molar-refractivity contribution in [3.05, 3.63) is 0 Å². The van der Waals surface area contributed by atoms with Crippen LogP contribution < -0.4 is 28.7 Å². The van der Waals surface area contributed by atoms with Crippen molar-refractivity contribution >= 4 is 23.9 Å². The van der Waals surface area contributed by atoms with Crippen LogP contribution >= 0.6 is 0 Å². The highest BCUT2D eigenvalue weighted by molar-refractivity contribution is 5.79. The maximum absolute atomic E-state index is 11.8. The van der Waals surface area contributed by atoms with Gasteiger partial charge in [0.2, 0.25) is 0 Å². The van der Waals surface area contributed by atoms with Crippen LogP contribution in [0.2, 0.25) is 0 Å². The van der Waals surface area contributed by atoms with Crippen molar-refractivity contribution in [3.63, 3.8) is 0 Å². The third-order valence-electron chi connectivity index (χ3n) is 3.07. The molecular weight excluding hydrogens is 336 g/mol. The lowest BCUT2D eigenvalue weighted by molar-refractivity contribution is -0.158. The number of guanidine groups is 1. The van der Waals surface area contributed by atoms with Crippen LogP contribution in [0, 0.1) is 0 Å². The molecule has 0 aromatic carbocycles. The predicted octanol–water partition coefficient (Wildman–Crippen LogP) is -3.42. The summed E-state index contributed by atoms with van der Waals surface area (Å²) in [5.74, 6) is -3.08. The number of hydrogen-bond donors (Lipinski definition) is 6. The van der Waals surface area contributed by atoms with Gasteiger partial charge in [-0.25, -0.2) is 0 Å². The quantitative estimate of drug-likeness (QED) is 0.0916. The lowest BCUT2D eigenvalue weighted by Gasteiger charge is -2.21. The van der Waals surface area contributed by atoms with E-state index in [4.69, 9.17) is 38.5 Å². The maximum Gasteiger partial charge on any atom is 0.326 e. The van der Waals surface area contributed by atoms with Gasteiger partial charge in [0.1, 0.15) is 30.8 Å². The van der Waals surface area contributed by atoms with E-state index in [2.05, 4.69) is 9.73 Å². The van der Waals surface area contributed by atoms with Crippen molar-refractivity contribution in [1.82, 2.24) is 0 Å². The minimum absolute atomic E-state index is 0.0585. The average Bonchev–Trinajstić information content (AvgIpc) is 2.54. The Morgan fingerprint density at radius 1 is 1.08 bits per heavy atom. The number of aliphatic imine (C=N–C) groups is 1. The standard InChI is InChI=1S/C13H26N6O6/c1-6(9(16)12(23)24-5-8(15)10(20)21)25-11(22)7(14)3-2-4-19-13(17)18/h6-9H,2-5,14-16H2,1H3,(H,20,21)(H4,17,18,19)/t6-,7+,8+,9+/m1/s1. The van der Waals surface area contributed by atoms with Crippen LogP contribution in [0.4, 0.5) is 0 Å². The van der Waals surface area contributed by atoms with E-state index in [1.54, 1.807) is 0 Å². The second-order valence-electron chi connectivity index (χ2n) is 5.30. The van der Waals surface area contributed by atoms with E-state index in [0.717, 1.165) is 0 Å². The monoisotopic (exact) mass is 362 g/mol. The van der Waals surface area contributed by atoms with E-state index in [1.165, 1.54) is 6.92 Å². The molecule has 0 unspecified atom stereocenters. The van der Waals surface area contributed by atoms with Gasteiger partial charge in [-0.15, -0.1) is 0 Å². The average molecular weight is 362 g/mol. The Labute approximate surface area is 144 Å². The Morgan fingerprint density at radius 3 is 2.20 bits per heavy atom. The number of aliphatic carboxylic acids is 1. The highest BCUT2D eigenvalue weighted by Crippen LogP contribution is 2.04. The van der Waals surface area contributed by atoms with Gasteiger partial charge in [0, 0.05) is 6.54 Å². The smallest absolute Gasteiger partial charge is 0.326 e. The number of carbonyl (C=O) groups is 3. The fraction of sp³-hybridized carbons (Fsp3) is 0.692. The molecule has 0 aromatic rings. The van der Waals surface area contributed by atoms with E-state index >= 15 is 0 Å². The molecular formula is C13H26N6O6. The molecule has 25 heavy (non-hydrogen) atoms. The van der Waals surface area contributed by atoms with Gasteiger partial charge in [0.25, 0.3) is 0 Å². The Bertz CT molecular complexity index is 495. The number of hydrogen-bond acceptors (Lipinski definition) is 9. The Morgan fingerprint density at radius 2 is 1.68 bits per heavy atom. The molecule has 0 saturated carbocycles. The summed E-state index contributed by atoms with van der Waals surface area (Å²) in [6.07, 6.45) is -0.288. The van der Waals surface area contributed by atoms with Crippen molar-refractivity contribution in [2.24, 2.45) is 33.7 Å². The summed E-state index contributed by atoms with van der Waals surface area (Å²) in [5, 5.41) is 8.59.